The maximum atomic E-state index is 13.1. The number of aryl methyl sites for hydroxylation is 2. The Kier molecular flexibility index (Phi) is 5.73. The van der Waals surface area contributed by atoms with E-state index in [4.69, 9.17) is 9.51 Å². The fourth-order valence-corrected chi connectivity index (χ4v) is 4.77. The third kappa shape index (κ3) is 4.00. The van der Waals surface area contributed by atoms with Crippen LogP contribution in [0.15, 0.2) is 53.2 Å². The van der Waals surface area contributed by atoms with E-state index in [0.717, 1.165) is 64.8 Å². The first kappa shape index (κ1) is 22.0. The highest BCUT2D eigenvalue weighted by Crippen LogP contribution is 2.34. The summed E-state index contributed by atoms with van der Waals surface area (Å²) >= 11 is 0. The molecule has 1 aliphatic heterocycles. The van der Waals surface area contributed by atoms with Gasteiger partial charge in [0.25, 0.3) is 0 Å². The molecule has 0 spiro atoms. The average molecular weight is 459 g/mol. The van der Waals surface area contributed by atoms with Gasteiger partial charge in [-0.2, -0.15) is 0 Å². The van der Waals surface area contributed by atoms with Gasteiger partial charge < -0.3 is 24.0 Å². The fourth-order valence-electron chi connectivity index (χ4n) is 4.77. The van der Waals surface area contributed by atoms with E-state index in [9.17, 15) is 4.79 Å². The Morgan fingerprint density at radius 1 is 1.15 bits per heavy atom. The first-order chi connectivity index (χ1) is 16.4. The van der Waals surface area contributed by atoms with Crippen LogP contribution in [0.3, 0.4) is 0 Å². The van der Waals surface area contributed by atoms with Gasteiger partial charge in [-0.3, -0.25) is 0 Å². The Bertz CT molecular complexity index is 1300. The number of nitrogens with one attached hydrogen (secondary N) is 1. The number of nitrogens with zero attached hydrogens (tertiary/aromatic N) is 5. The highest BCUT2D eigenvalue weighted by atomic mass is 16.5. The Labute approximate surface area is 199 Å². The maximum Gasteiger partial charge on any atom is 0.321 e. The van der Waals surface area contributed by atoms with Crippen molar-refractivity contribution in [3.05, 3.63) is 65.9 Å². The van der Waals surface area contributed by atoms with E-state index in [1.54, 1.807) is 0 Å². The van der Waals surface area contributed by atoms with Crippen molar-refractivity contribution in [2.45, 2.75) is 32.6 Å². The van der Waals surface area contributed by atoms with E-state index < -0.39 is 0 Å². The molecule has 0 bridgehead atoms. The summed E-state index contributed by atoms with van der Waals surface area (Å²) in [6.45, 7) is 5.22. The van der Waals surface area contributed by atoms with Gasteiger partial charge in [-0.15, -0.1) is 0 Å². The number of rotatable bonds is 4. The number of benzene rings is 1. The molecular formula is C26H30N6O2. The van der Waals surface area contributed by atoms with Crippen LogP contribution in [0.1, 0.15) is 36.0 Å². The largest absolute Gasteiger partial charge is 0.378 e. The molecule has 1 atom stereocenters. The van der Waals surface area contributed by atoms with Gasteiger partial charge in [0.05, 0.1) is 16.8 Å². The summed E-state index contributed by atoms with van der Waals surface area (Å²) in [5.74, 6) is 1.87. The third-order valence-electron chi connectivity index (χ3n) is 6.55. The highest BCUT2D eigenvalue weighted by molar-refractivity contribution is 5.89. The molecular weight excluding hydrogens is 428 g/mol. The second-order valence-corrected chi connectivity index (χ2v) is 9.13. The second kappa shape index (κ2) is 8.85. The molecule has 176 valence electrons. The lowest BCUT2D eigenvalue weighted by Crippen LogP contribution is -2.42. The normalized spacial score (nSPS) is 16.1. The number of aromatic nitrogens is 3. The number of carbonyl (C=O) groups excluding carboxylic acids is 1. The summed E-state index contributed by atoms with van der Waals surface area (Å²) in [5, 5.41) is 7.17. The number of likely N-dealkylation sites (tertiary alicyclic amines) is 1. The van der Waals surface area contributed by atoms with Crippen molar-refractivity contribution in [1.29, 1.82) is 0 Å². The first-order valence-electron chi connectivity index (χ1n) is 11.7. The van der Waals surface area contributed by atoms with Crippen LogP contribution in [0.2, 0.25) is 0 Å². The summed E-state index contributed by atoms with van der Waals surface area (Å²) < 4.78 is 7.56. The van der Waals surface area contributed by atoms with Gasteiger partial charge in [0, 0.05) is 50.7 Å². The topological polar surface area (TPSA) is 78.9 Å². The second-order valence-electron chi connectivity index (χ2n) is 9.13. The number of imidazole rings is 1. The lowest BCUT2D eigenvalue weighted by molar-refractivity contribution is 0.191. The molecule has 8 heteroatoms. The van der Waals surface area contributed by atoms with Crippen molar-refractivity contribution in [3.8, 4) is 11.3 Å². The number of anilines is 2. The number of hydrogen-bond donors (Lipinski definition) is 1. The van der Waals surface area contributed by atoms with E-state index in [1.165, 1.54) is 0 Å². The third-order valence-corrected chi connectivity index (χ3v) is 6.55. The summed E-state index contributed by atoms with van der Waals surface area (Å²) in [6.07, 6.45) is 3.96. The standard InChI is InChI=1S/C26H30N6O2/c1-17-23(18(2)34-29-17)24-22-9-5-6-15-32(22)25(28-24)19-8-7-14-31(16-19)26(33)27-20-10-12-21(13-11-20)30(3)4/h5-6,9-13,15,19H,7-8,14,16H2,1-4H3,(H,27,33)/t19-/m1/s1. The molecule has 1 N–H and O–H groups in total. The maximum absolute atomic E-state index is 13.1. The molecule has 0 radical (unpaired) electrons. The van der Waals surface area contributed by atoms with E-state index >= 15 is 0 Å². The Morgan fingerprint density at radius 2 is 1.94 bits per heavy atom. The monoisotopic (exact) mass is 458 g/mol. The van der Waals surface area contributed by atoms with E-state index in [2.05, 4.69) is 20.9 Å². The number of fused-ring (bicyclic) bond motifs is 1. The van der Waals surface area contributed by atoms with Crippen molar-refractivity contribution >= 4 is 22.9 Å². The van der Waals surface area contributed by atoms with Crippen LogP contribution in [-0.4, -0.2) is 52.7 Å². The van der Waals surface area contributed by atoms with Gasteiger partial charge in [-0.05, 0) is 63.1 Å². The molecule has 0 aliphatic carbocycles. The molecule has 1 saturated heterocycles. The molecule has 2 amide bonds. The van der Waals surface area contributed by atoms with Crippen molar-refractivity contribution in [3.63, 3.8) is 0 Å². The smallest absolute Gasteiger partial charge is 0.321 e. The number of hydrogen-bond acceptors (Lipinski definition) is 5. The van der Waals surface area contributed by atoms with Gasteiger partial charge in [0.1, 0.15) is 17.3 Å². The average Bonchev–Trinajstić information content (AvgIpc) is 3.38. The molecule has 0 unspecified atom stereocenters. The minimum absolute atomic E-state index is 0.0749. The number of pyridine rings is 1. The molecule has 1 fully saturated rings. The minimum Gasteiger partial charge on any atom is -0.378 e. The zero-order valence-corrected chi connectivity index (χ0v) is 20.1. The van der Waals surface area contributed by atoms with Crippen LogP contribution in [0.5, 0.6) is 0 Å². The quantitative estimate of drug-likeness (QED) is 0.461. The number of carbonyl (C=O) groups is 1. The molecule has 1 aromatic carbocycles. The molecule has 0 saturated carbocycles. The van der Waals surface area contributed by atoms with Crippen molar-refractivity contribution in [2.24, 2.45) is 0 Å². The van der Waals surface area contributed by atoms with E-state index in [-0.39, 0.29) is 11.9 Å². The fraction of sp³-hybridized carbons (Fsp3) is 0.346. The predicted octanol–water partition coefficient (Wildman–Crippen LogP) is 5.08. The van der Waals surface area contributed by atoms with E-state index in [0.29, 0.717) is 6.54 Å². The predicted molar refractivity (Wildman–Crippen MR) is 133 cm³/mol. The minimum atomic E-state index is -0.0749. The highest BCUT2D eigenvalue weighted by Gasteiger charge is 2.29. The lowest BCUT2D eigenvalue weighted by atomic mass is 9.97. The summed E-state index contributed by atoms with van der Waals surface area (Å²) in [6, 6.07) is 13.9. The van der Waals surface area contributed by atoms with Gasteiger partial charge in [0.2, 0.25) is 0 Å². The van der Waals surface area contributed by atoms with Crippen molar-refractivity contribution in [1.82, 2.24) is 19.4 Å². The number of piperidine rings is 1. The van der Waals surface area contributed by atoms with Crippen molar-refractivity contribution in [2.75, 3.05) is 37.4 Å². The zero-order valence-electron chi connectivity index (χ0n) is 20.1. The summed E-state index contributed by atoms with van der Waals surface area (Å²) in [4.78, 5) is 22.1. The Morgan fingerprint density at radius 3 is 2.65 bits per heavy atom. The van der Waals surface area contributed by atoms with Gasteiger partial charge in [-0.1, -0.05) is 11.2 Å². The first-order valence-corrected chi connectivity index (χ1v) is 11.7. The Hall–Kier alpha value is -3.81. The van der Waals surface area contributed by atoms with Crippen LogP contribution in [-0.2, 0) is 0 Å². The van der Waals surface area contributed by atoms with Crippen LogP contribution in [0, 0.1) is 13.8 Å². The Balaban J connectivity index is 1.40. The molecule has 5 rings (SSSR count). The van der Waals surface area contributed by atoms with Crippen LogP contribution < -0.4 is 10.2 Å². The number of urea groups is 1. The number of amides is 2. The SMILES string of the molecule is Cc1noc(C)c1-c1nc([C@@H]2CCCN(C(=O)Nc3ccc(N(C)C)cc3)C2)n2ccccc12. The summed E-state index contributed by atoms with van der Waals surface area (Å²) in [5.41, 5.74) is 5.57. The van der Waals surface area contributed by atoms with Gasteiger partial charge in [-0.25, -0.2) is 9.78 Å². The van der Waals surface area contributed by atoms with Gasteiger partial charge >= 0.3 is 6.03 Å². The lowest BCUT2D eigenvalue weighted by Gasteiger charge is -2.32. The van der Waals surface area contributed by atoms with Crippen LogP contribution in [0.25, 0.3) is 16.8 Å². The van der Waals surface area contributed by atoms with Crippen molar-refractivity contribution < 1.29 is 9.32 Å². The molecule has 8 nitrogen and oxygen atoms in total. The molecule has 4 heterocycles. The van der Waals surface area contributed by atoms with Gasteiger partial charge in [0.15, 0.2) is 0 Å². The van der Waals surface area contributed by atoms with Crippen LogP contribution in [0.4, 0.5) is 16.2 Å². The zero-order chi connectivity index (χ0) is 23.8. The molecule has 4 aromatic rings. The molecule has 34 heavy (non-hydrogen) atoms. The van der Waals surface area contributed by atoms with E-state index in [1.807, 2.05) is 80.3 Å². The summed E-state index contributed by atoms with van der Waals surface area (Å²) in [7, 11) is 4.00. The molecule has 3 aromatic heterocycles. The van der Waals surface area contributed by atoms with Crippen LogP contribution >= 0.6 is 0 Å². The molecule has 1 aliphatic rings.